The first kappa shape index (κ1) is 30.1. The first-order valence-corrected chi connectivity index (χ1v) is 19.2. The fourth-order valence-electron chi connectivity index (χ4n) is 10.7. The maximum Gasteiger partial charge on any atom is 0.0541 e. The van der Waals surface area contributed by atoms with Gasteiger partial charge in [-0.05, 0) is 104 Å². The summed E-state index contributed by atoms with van der Waals surface area (Å²) in [5.41, 5.74) is 18.2. The number of para-hydroxylation sites is 4. The van der Waals surface area contributed by atoms with Gasteiger partial charge in [-0.1, -0.05) is 137 Å². The van der Waals surface area contributed by atoms with Crippen LogP contribution in [0.4, 0.5) is 0 Å². The highest BCUT2D eigenvalue weighted by molar-refractivity contribution is 6.14. The van der Waals surface area contributed by atoms with E-state index in [1.165, 1.54) is 110 Å². The van der Waals surface area contributed by atoms with Gasteiger partial charge in [-0.2, -0.15) is 0 Å². The molecule has 0 fully saturated rings. The third-order valence-corrected chi connectivity index (χ3v) is 13.0. The molecule has 256 valence electrons. The van der Waals surface area contributed by atoms with E-state index in [0.29, 0.717) is 0 Å². The van der Waals surface area contributed by atoms with Gasteiger partial charge in [0.05, 0.1) is 22.1 Å². The minimum atomic E-state index is -0.220. The van der Waals surface area contributed by atoms with Crippen LogP contribution in [0.15, 0.2) is 158 Å². The molecule has 0 N–H and O–H groups in total. The van der Waals surface area contributed by atoms with Gasteiger partial charge in [0.25, 0.3) is 0 Å². The Morgan fingerprint density at radius 1 is 0.333 bits per heavy atom. The number of nitrogens with zero attached hydrogens (tertiary/aromatic N) is 2. The van der Waals surface area contributed by atoms with E-state index in [1.807, 2.05) is 0 Å². The largest absolute Gasteiger partial charge is 0.309 e. The predicted molar refractivity (Wildman–Crippen MR) is 228 cm³/mol. The maximum atomic E-state index is 2.49. The Morgan fingerprint density at radius 3 is 0.963 bits per heavy atom. The number of aromatic nitrogens is 2. The summed E-state index contributed by atoms with van der Waals surface area (Å²) in [6.07, 6.45) is 0. The molecule has 2 heterocycles. The summed E-state index contributed by atoms with van der Waals surface area (Å²) < 4.78 is 4.92. The highest BCUT2D eigenvalue weighted by Gasteiger charge is 2.47. The molecule has 2 aromatic heterocycles. The molecular formula is C52H38N2. The van der Waals surface area contributed by atoms with Gasteiger partial charge in [-0.3, -0.25) is 0 Å². The van der Waals surface area contributed by atoms with Gasteiger partial charge in [0.15, 0.2) is 0 Å². The van der Waals surface area contributed by atoms with Gasteiger partial charge in [0.2, 0.25) is 0 Å². The van der Waals surface area contributed by atoms with Crippen LogP contribution in [0.3, 0.4) is 0 Å². The molecule has 0 saturated heterocycles. The molecule has 0 radical (unpaired) electrons. The molecule has 0 unspecified atom stereocenters. The monoisotopic (exact) mass is 690 g/mol. The minimum absolute atomic E-state index is 0.220. The second-order valence-electron chi connectivity index (χ2n) is 16.5. The molecule has 10 aromatic rings. The third kappa shape index (κ3) is 3.61. The molecule has 0 bridgehead atoms. The van der Waals surface area contributed by atoms with E-state index in [9.17, 15) is 0 Å². The lowest BCUT2D eigenvalue weighted by Crippen LogP contribution is -2.24. The van der Waals surface area contributed by atoms with Crippen LogP contribution in [0, 0.1) is 0 Å². The van der Waals surface area contributed by atoms with Crippen LogP contribution in [-0.2, 0) is 10.8 Å². The fraction of sp³-hybridized carbons (Fsp3) is 0.115. The van der Waals surface area contributed by atoms with Crippen LogP contribution >= 0.6 is 0 Å². The minimum Gasteiger partial charge on any atom is -0.309 e. The van der Waals surface area contributed by atoms with Crippen LogP contribution in [0.2, 0.25) is 0 Å². The summed E-state index contributed by atoms with van der Waals surface area (Å²) in [6, 6.07) is 59.0. The van der Waals surface area contributed by atoms with E-state index in [0.717, 1.165) is 0 Å². The molecule has 12 rings (SSSR count). The highest BCUT2D eigenvalue weighted by atomic mass is 15.0. The standard InChI is InChI=1S/C52H38N2/c1-51(2)41-29-31(53-43-21-11-7-15-33(43)34-16-8-12-22-44(34)53)25-27-39(41)47-37-19-5-6-20-38(37)48-40-28-26-32(30-42(40)52(3,4)50(48)49(47)51)54-45-23-13-9-17-35(45)36-18-10-14-24-46(36)54/h5-30H,1-4H3. The second-order valence-corrected chi connectivity index (χ2v) is 16.5. The van der Waals surface area contributed by atoms with Gasteiger partial charge in [0, 0.05) is 43.7 Å². The molecule has 0 atom stereocenters. The fourth-order valence-corrected chi connectivity index (χ4v) is 10.7. The topological polar surface area (TPSA) is 9.86 Å². The van der Waals surface area contributed by atoms with Crippen molar-refractivity contribution < 1.29 is 0 Å². The SMILES string of the molecule is CC1(C)c2cc(-n3c4ccccc4c4ccccc43)ccc2-c2c1c1c(c3ccccc23)-c2ccc(-n3c4ccccc4c4ccccc43)cc2C1(C)C. The van der Waals surface area contributed by atoms with Crippen molar-refractivity contribution in [1.29, 1.82) is 0 Å². The quantitative estimate of drug-likeness (QED) is 0.171. The summed E-state index contributed by atoms with van der Waals surface area (Å²) in [4.78, 5) is 0. The Balaban J connectivity index is 1.10. The number of rotatable bonds is 2. The lowest BCUT2D eigenvalue weighted by Gasteiger charge is -2.31. The molecule has 0 amide bonds. The van der Waals surface area contributed by atoms with Crippen molar-refractivity contribution in [3.8, 4) is 33.6 Å². The Bertz CT molecular complexity index is 2950. The molecule has 2 heteroatoms. The third-order valence-electron chi connectivity index (χ3n) is 13.0. The van der Waals surface area contributed by atoms with Gasteiger partial charge >= 0.3 is 0 Å². The summed E-state index contributed by atoms with van der Waals surface area (Å²) in [5.74, 6) is 0. The zero-order valence-electron chi connectivity index (χ0n) is 30.9. The van der Waals surface area contributed by atoms with Gasteiger partial charge in [-0.25, -0.2) is 0 Å². The van der Waals surface area contributed by atoms with E-state index in [-0.39, 0.29) is 10.8 Å². The van der Waals surface area contributed by atoms with Crippen LogP contribution in [-0.4, -0.2) is 9.13 Å². The number of benzene rings is 8. The van der Waals surface area contributed by atoms with E-state index < -0.39 is 0 Å². The van der Waals surface area contributed by atoms with Crippen molar-refractivity contribution in [2.75, 3.05) is 0 Å². The van der Waals surface area contributed by atoms with Gasteiger partial charge < -0.3 is 9.13 Å². The lowest BCUT2D eigenvalue weighted by molar-refractivity contribution is 0.601. The number of hydrogen-bond donors (Lipinski definition) is 0. The lowest BCUT2D eigenvalue weighted by atomic mass is 9.71. The van der Waals surface area contributed by atoms with E-state index >= 15 is 0 Å². The summed E-state index contributed by atoms with van der Waals surface area (Å²) in [7, 11) is 0. The molecule has 8 aromatic carbocycles. The smallest absolute Gasteiger partial charge is 0.0541 e. The Morgan fingerprint density at radius 2 is 0.630 bits per heavy atom. The summed E-state index contributed by atoms with van der Waals surface area (Å²) in [6.45, 7) is 9.85. The first-order valence-electron chi connectivity index (χ1n) is 19.2. The van der Waals surface area contributed by atoms with Crippen molar-refractivity contribution in [3.05, 3.63) is 180 Å². The Kier molecular flexibility index (Phi) is 5.68. The Hall–Kier alpha value is -6.38. The van der Waals surface area contributed by atoms with Crippen LogP contribution in [0.25, 0.3) is 88.0 Å². The van der Waals surface area contributed by atoms with Crippen molar-refractivity contribution in [2.45, 2.75) is 38.5 Å². The van der Waals surface area contributed by atoms with Crippen LogP contribution in [0.5, 0.6) is 0 Å². The average Bonchev–Trinajstić information content (AvgIpc) is 3.86. The molecule has 0 aliphatic heterocycles. The van der Waals surface area contributed by atoms with E-state index in [4.69, 9.17) is 0 Å². The number of hydrogen-bond acceptors (Lipinski definition) is 0. The predicted octanol–water partition coefficient (Wildman–Crippen LogP) is 13.6. The molecule has 0 spiro atoms. The van der Waals surface area contributed by atoms with Gasteiger partial charge in [0.1, 0.15) is 0 Å². The second kappa shape index (κ2) is 10.2. The number of fused-ring (bicyclic) bond motifs is 16. The summed E-state index contributed by atoms with van der Waals surface area (Å²) >= 11 is 0. The maximum absolute atomic E-state index is 2.49. The molecule has 2 aliphatic carbocycles. The van der Waals surface area contributed by atoms with E-state index in [2.05, 4.69) is 195 Å². The van der Waals surface area contributed by atoms with Crippen LogP contribution in [0.1, 0.15) is 49.9 Å². The highest BCUT2D eigenvalue weighted by Crippen LogP contribution is 2.62. The van der Waals surface area contributed by atoms with Crippen molar-refractivity contribution in [2.24, 2.45) is 0 Å². The summed E-state index contributed by atoms with van der Waals surface area (Å²) in [5, 5.41) is 7.86. The Labute approximate surface area is 314 Å². The first-order chi connectivity index (χ1) is 26.3. The average molecular weight is 691 g/mol. The molecule has 54 heavy (non-hydrogen) atoms. The van der Waals surface area contributed by atoms with Crippen molar-refractivity contribution >= 4 is 54.4 Å². The van der Waals surface area contributed by atoms with E-state index in [1.54, 1.807) is 0 Å². The van der Waals surface area contributed by atoms with Crippen LogP contribution < -0.4 is 0 Å². The zero-order chi connectivity index (χ0) is 36.1. The molecule has 2 aliphatic rings. The molecular weight excluding hydrogens is 653 g/mol. The molecule has 2 nitrogen and oxygen atoms in total. The van der Waals surface area contributed by atoms with Crippen molar-refractivity contribution in [3.63, 3.8) is 0 Å². The molecule has 0 saturated carbocycles. The van der Waals surface area contributed by atoms with Crippen molar-refractivity contribution in [1.82, 2.24) is 9.13 Å². The van der Waals surface area contributed by atoms with Gasteiger partial charge in [-0.15, -0.1) is 0 Å². The zero-order valence-corrected chi connectivity index (χ0v) is 30.9. The normalized spacial score (nSPS) is 15.0.